The van der Waals surface area contributed by atoms with Gasteiger partial charge in [0.25, 0.3) is 0 Å². The van der Waals surface area contributed by atoms with Crippen molar-refractivity contribution in [3.05, 3.63) is 0 Å². The van der Waals surface area contributed by atoms with E-state index in [1.165, 1.54) is 83.5 Å². The number of aliphatic hydroxyl groups excluding tert-OH is 2. The van der Waals surface area contributed by atoms with Crippen molar-refractivity contribution in [3.8, 4) is 0 Å². The summed E-state index contributed by atoms with van der Waals surface area (Å²) in [6.45, 7) is 1.53. The standard InChI is InChI=1S/C18H36O2.C7H12O7/c1-2-3-4-5-6-7-8-9-10-11-12-13-14-15-16-17-18(19)20;8-3-4(9)1-7(14,6(12)13)2-5(10)11/h2-17H2,1H3,(H,19,20);4,8-9,14H,1-3H2,(H,10,11)(H,12,13). The van der Waals surface area contributed by atoms with Crippen molar-refractivity contribution in [2.45, 2.75) is 134 Å². The maximum Gasteiger partial charge on any atom is 0.336 e. The van der Waals surface area contributed by atoms with Crippen molar-refractivity contribution in [3.63, 3.8) is 0 Å². The van der Waals surface area contributed by atoms with Crippen LogP contribution in [-0.4, -0.2) is 66.9 Å². The first kappa shape index (κ1) is 34.5. The number of rotatable bonds is 22. The molecule has 2 unspecified atom stereocenters. The molecule has 0 aliphatic carbocycles. The van der Waals surface area contributed by atoms with Crippen LogP contribution in [0.1, 0.15) is 122 Å². The van der Waals surface area contributed by atoms with Crippen LogP contribution in [0.2, 0.25) is 0 Å². The molecule has 0 aliphatic heterocycles. The predicted octanol–water partition coefficient (Wildman–Crippen LogP) is 4.35. The lowest BCUT2D eigenvalue weighted by Crippen LogP contribution is -2.44. The normalized spacial score (nSPS) is 13.4. The molecule has 0 radical (unpaired) electrons. The molecule has 0 saturated heterocycles. The molecule has 9 nitrogen and oxygen atoms in total. The van der Waals surface area contributed by atoms with Crippen LogP contribution in [0.3, 0.4) is 0 Å². The summed E-state index contributed by atoms with van der Waals surface area (Å²) in [5.74, 6) is -3.90. The third kappa shape index (κ3) is 23.4. The van der Waals surface area contributed by atoms with Crippen molar-refractivity contribution in [2.75, 3.05) is 6.61 Å². The van der Waals surface area contributed by atoms with E-state index in [-0.39, 0.29) is 0 Å². The first-order valence-corrected chi connectivity index (χ1v) is 12.8. The number of aliphatic carboxylic acids is 3. The highest BCUT2D eigenvalue weighted by molar-refractivity contribution is 5.83. The van der Waals surface area contributed by atoms with Gasteiger partial charge >= 0.3 is 17.9 Å². The first-order chi connectivity index (χ1) is 16.1. The van der Waals surface area contributed by atoms with Crippen LogP contribution in [0, 0.1) is 0 Å². The minimum atomic E-state index is -2.55. The summed E-state index contributed by atoms with van der Waals surface area (Å²) in [7, 11) is 0. The van der Waals surface area contributed by atoms with Gasteiger partial charge in [0.05, 0.1) is 19.1 Å². The van der Waals surface area contributed by atoms with Gasteiger partial charge in [-0.15, -0.1) is 0 Å². The Bertz CT molecular complexity index is 525. The number of hydrogen-bond donors (Lipinski definition) is 6. The molecule has 0 bridgehead atoms. The highest BCUT2D eigenvalue weighted by Gasteiger charge is 2.40. The second kappa shape index (κ2) is 23.1. The molecule has 202 valence electrons. The van der Waals surface area contributed by atoms with Crippen LogP contribution >= 0.6 is 0 Å². The summed E-state index contributed by atoms with van der Waals surface area (Å²) in [6.07, 6.45) is 17.0. The highest BCUT2D eigenvalue weighted by Crippen LogP contribution is 2.18. The van der Waals surface area contributed by atoms with Crippen LogP contribution in [0.5, 0.6) is 0 Å². The molecule has 0 fully saturated rings. The van der Waals surface area contributed by atoms with E-state index in [1.54, 1.807) is 0 Å². The largest absolute Gasteiger partial charge is 0.481 e. The fourth-order valence-electron chi connectivity index (χ4n) is 3.59. The Balaban J connectivity index is 0. The first-order valence-electron chi connectivity index (χ1n) is 12.8. The number of carboxylic acids is 3. The van der Waals surface area contributed by atoms with Crippen molar-refractivity contribution >= 4 is 17.9 Å². The summed E-state index contributed by atoms with van der Waals surface area (Å²) >= 11 is 0. The molecule has 0 saturated carbocycles. The van der Waals surface area contributed by atoms with E-state index in [0.29, 0.717) is 6.42 Å². The number of hydrogen-bond acceptors (Lipinski definition) is 6. The van der Waals surface area contributed by atoms with E-state index in [0.717, 1.165) is 12.8 Å². The monoisotopic (exact) mass is 492 g/mol. The minimum absolute atomic E-state index is 0.345. The molecule has 0 rings (SSSR count). The Morgan fingerprint density at radius 2 is 1.06 bits per heavy atom. The van der Waals surface area contributed by atoms with Gasteiger partial charge in [-0.3, -0.25) is 9.59 Å². The third-order valence-corrected chi connectivity index (χ3v) is 5.62. The zero-order valence-corrected chi connectivity index (χ0v) is 20.9. The molecule has 0 amide bonds. The zero-order valence-electron chi connectivity index (χ0n) is 20.9. The molecule has 0 aromatic rings. The van der Waals surface area contributed by atoms with Gasteiger partial charge in [0.2, 0.25) is 0 Å². The molecule has 9 heteroatoms. The molecule has 0 aromatic carbocycles. The lowest BCUT2D eigenvalue weighted by Gasteiger charge is -2.23. The van der Waals surface area contributed by atoms with Crippen molar-refractivity contribution in [2.24, 2.45) is 0 Å². The molecular formula is C25H48O9. The van der Waals surface area contributed by atoms with Crippen LogP contribution in [0.4, 0.5) is 0 Å². The van der Waals surface area contributed by atoms with Gasteiger partial charge in [0.15, 0.2) is 5.60 Å². The van der Waals surface area contributed by atoms with Crippen molar-refractivity contribution < 1.29 is 45.0 Å². The fourth-order valence-corrected chi connectivity index (χ4v) is 3.59. The maximum atomic E-state index is 10.5. The lowest BCUT2D eigenvalue weighted by molar-refractivity contribution is -0.169. The van der Waals surface area contributed by atoms with E-state index in [9.17, 15) is 19.5 Å². The van der Waals surface area contributed by atoms with Crippen molar-refractivity contribution in [1.29, 1.82) is 0 Å². The summed E-state index contributed by atoms with van der Waals surface area (Å²) < 4.78 is 0. The second-order valence-corrected chi connectivity index (χ2v) is 9.04. The van der Waals surface area contributed by atoms with Gasteiger partial charge in [-0.2, -0.15) is 0 Å². The molecule has 2 atom stereocenters. The summed E-state index contributed by atoms with van der Waals surface area (Å²) in [6, 6.07) is 0. The Morgan fingerprint density at radius 1 is 0.676 bits per heavy atom. The van der Waals surface area contributed by atoms with Gasteiger partial charge in [-0.1, -0.05) is 96.8 Å². The van der Waals surface area contributed by atoms with Crippen LogP contribution in [0.25, 0.3) is 0 Å². The van der Waals surface area contributed by atoms with Gasteiger partial charge in [0, 0.05) is 12.8 Å². The quantitative estimate of drug-likeness (QED) is 0.120. The molecule has 6 N–H and O–H groups in total. The van der Waals surface area contributed by atoms with Crippen LogP contribution < -0.4 is 0 Å². The molecule has 34 heavy (non-hydrogen) atoms. The predicted molar refractivity (Wildman–Crippen MR) is 130 cm³/mol. The van der Waals surface area contributed by atoms with Gasteiger partial charge in [0.1, 0.15) is 0 Å². The number of aliphatic hydroxyl groups is 3. The minimum Gasteiger partial charge on any atom is -0.481 e. The third-order valence-electron chi connectivity index (χ3n) is 5.62. The molecular weight excluding hydrogens is 444 g/mol. The summed E-state index contributed by atoms with van der Waals surface area (Å²) in [4.78, 5) is 31.1. The topological polar surface area (TPSA) is 173 Å². The fraction of sp³-hybridized carbons (Fsp3) is 0.880. The smallest absolute Gasteiger partial charge is 0.336 e. The van der Waals surface area contributed by atoms with Gasteiger partial charge < -0.3 is 30.6 Å². The number of carbonyl (C=O) groups is 3. The van der Waals surface area contributed by atoms with E-state index < -0.39 is 49.1 Å². The Hall–Kier alpha value is -1.71. The Labute approximate surface area is 204 Å². The number of carboxylic acid groups (broad SMARTS) is 3. The average Bonchev–Trinajstić information content (AvgIpc) is 2.76. The maximum absolute atomic E-state index is 10.5. The molecule has 0 aliphatic rings. The highest BCUT2D eigenvalue weighted by atomic mass is 16.4. The van der Waals surface area contributed by atoms with Crippen LogP contribution in [0.15, 0.2) is 0 Å². The van der Waals surface area contributed by atoms with E-state index in [2.05, 4.69) is 6.92 Å². The van der Waals surface area contributed by atoms with Crippen molar-refractivity contribution in [1.82, 2.24) is 0 Å². The van der Waals surface area contributed by atoms with E-state index in [1.807, 2.05) is 0 Å². The van der Waals surface area contributed by atoms with Crippen LogP contribution in [-0.2, 0) is 14.4 Å². The zero-order chi connectivity index (χ0) is 26.2. The number of unbranched alkanes of at least 4 members (excludes halogenated alkanes) is 14. The average molecular weight is 493 g/mol. The molecule has 0 spiro atoms. The molecule has 0 aromatic heterocycles. The lowest BCUT2D eigenvalue weighted by atomic mass is 9.93. The van der Waals surface area contributed by atoms with Gasteiger partial charge in [-0.05, 0) is 6.42 Å². The summed E-state index contributed by atoms with van der Waals surface area (Å²) in [5.41, 5.74) is -2.55. The molecule has 0 heterocycles. The van der Waals surface area contributed by atoms with E-state index in [4.69, 9.17) is 25.5 Å². The van der Waals surface area contributed by atoms with E-state index >= 15 is 0 Å². The SMILES string of the molecule is CCCCCCCCCCCCCCCCCC(=O)O.O=C(O)CC(O)(CC(O)CO)C(=O)O. The summed E-state index contributed by atoms with van der Waals surface area (Å²) in [5, 5.41) is 52.0. The Kier molecular flexibility index (Phi) is 23.4. The second-order valence-electron chi connectivity index (χ2n) is 9.04. The Morgan fingerprint density at radius 3 is 1.35 bits per heavy atom. The van der Waals surface area contributed by atoms with Gasteiger partial charge in [-0.25, -0.2) is 4.79 Å².